The van der Waals surface area contributed by atoms with Crippen LogP contribution >= 0.6 is 9.47 Å². The van der Waals surface area contributed by atoms with Gasteiger partial charge in [-0.1, -0.05) is 20.8 Å². The van der Waals surface area contributed by atoms with E-state index in [9.17, 15) is 5.11 Å². The van der Waals surface area contributed by atoms with E-state index in [0.717, 1.165) is 25.7 Å². The van der Waals surface area contributed by atoms with Crippen molar-refractivity contribution in [2.24, 2.45) is 17.3 Å². The smallest absolute Gasteiger partial charge is 0.178 e. The summed E-state index contributed by atoms with van der Waals surface area (Å²) in [4.78, 5) is 0. The molecule has 6 atom stereocenters. The fourth-order valence-corrected chi connectivity index (χ4v) is 4.67. The molecule has 2 heterocycles. The highest BCUT2D eigenvalue weighted by Crippen LogP contribution is 2.51. The van der Waals surface area contributed by atoms with Gasteiger partial charge in [-0.15, -0.1) is 0 Å². The molecule has 5 nitrogen and oxygen atoms in total. The Morgan fingerprint density at radius 3 is 2.59 bits per heavy atom. The zero-order chi connectivity index (χ0) is 16.0. The average Bonchev–Trinajstić information content (AvgIpc) is 2.93. The quantitative estimate of drug-likeness (QED) is 0.758. The molecule has 6 heteroatoms. The Balaban J connectivity index is 1.66. The van der Waals surface area contributed by atoms with Crippen molar-refractivity contribution in [1.29, 1.82) is 0 Å². The minimum absolute atomic E-state index is 0.00767. The van der Waals surface area contributed by atoms with Crippen molar-refractivity contribution in [2.45, 2.75) is 77.2 Å². The molecule has 1 N–H and O–H groups in total. The number of aliphatic hydroxyl groups excluding tert-OH is 1. The summed E-state index contributed by atoms with van der Waals surface area (Å²) in [6.45, 7) is 6.98. The summed E-state index contributed by atoms with van der Waals surface area (Å²) < 4.78 is 23.0. The van der Waals surface area contributed by atoms with Crippen molar-refractivity contribution >= 4 is 9.47 Å². The van der Waals surface area contributed by atoms with Gasteiger partial charge in [-0.05, 0) is 24.7 Å². The largest absolute Gasteiger partial charge is 0.368 e. The average molecular weight is 332 g/mol. The SMILES string of the molecule is CCC(C)(C)C1(CCC2C(OP)CC3OC(O)CC32)OCO1. The van der Waals surface area contributed by atoms with Crippen molar-refractivity contribution in [2.75, 3.05) is 6.79 Å². The van der Waals surface area contributed by atoms with Crippen molar-refractivity contribution in [3.8, 4) is 0 Å². The van der Waals surface area contributed by atoms with E-state index < -0.39 is 12.1 Å². The number of ether oxygens (including phenoxy) is 3. The van der Waals surface area contributed by atoms with Gasteiger partial charge in [0.25, 0.3) is 0 Å². The van der Waals surface area contributed by atoms with E-state index in [4.69, 9.17) is 18.7 Å². The van der Waals surface area contributed by atoms with Crippen LogP contribution in [0.4, 0.5) is 0 Å². The molecule has 0 radical (unpaired) electrons. The van der Waals surface area contributed by atoms with Gasteiger partial charge in [-0.3, -0.25) is 0 Å². The fraction of sp³-hybridized carbons (Fsp3) is 1.00. The molecule has 3 aliphatic rings. The van der Waals surface area contributed by atoms with Crippen LogP contribution in [0.2, 0.25) is 0 Å². The normalized spacial score (nSPS) is 40.5. The van der Waals surface area contributed by atoms with Crippen LogP contribution in [0.25, 0.3) is 0 Å². The van der Waals surface area contributed by atoms with Crippen LogP contribution in [0.3, 0.4) is 0 Å². The third kappa shape index (κ3) is 2.74. The number of hydrogen-bond acceptors (Lipinski definition) is 5. The number of aliphatic hydroxyl groups is 1. The number of rotatable bonds is 6. The molecule has 0 aromatic heterocycles. The van der Waals surface area contributed by atoms with E-state index in [1.807, 2.05) is 0 Å². The van der Waals surface area contributed by atoms with E-state index in [1.165, 1.54) is 0 Å². The molecule has 1 aliphatic carbocycles. The molecule has 22 heavy (non-hydrogen) atoms. The van der Waals surface area contributed by atoms with Gasteiger partial charge in [0, 0.05) is 34.1 Å². The Morgan fingerprint density at radius 2 is 2.05 bits per heavy atom. The predicted molar refractivity (Wildman–Crippen MR) is 84.8 cm³/mol. The zero-order valence-electron chi connectivity index (χ0n) is 13.8. The minimum atomic E-state index is -0.611. The summed E-state index contributed by atoms with van der Waals surface area (Å²) >= 11 is 0. The van der Waals surface area contributed by atoms with Gasteiger partial charge < -0.3 is 23.8 Å². The molecule has 0 amide bonds. The molecule has 0 aromatic rings. The lowest BCUT2D eigenvalue weighted by Gasteiger charge is -2.52. The predicted octanol–water partition coefficient (Wildman–Crippen LogP) is 2.82. The van der Waals surface area contributed by atoms with E-state index in [0.29, 0.717) is 25.0 Å². The maximum absolute atomic E-state index is 9.75. The highest BCUT2D eigenvalue weighted by Gasteiger charge is 2.54. The number of hydrogen-bond donors (Lipinski definition) is 1. The molecule has 3 fully saturated rings. The van der Waals surface area contributed by atoms with Crippen molar-refractivity contribution in [3.05, 3.63) is 0 Å². The van der Waals surface area contributed by atoms with Crippen LogP contribution in [0.15, 0.2) is 0 Å². The second kappa shape index (κ2) is 6.27. The van der Waals surface area contributed by atoms with Gasteiger partial charge in [-0.2, -0.15) is 0 Å². The first-order valence-corrected chi connectivity index (χ1v) is 8.86. The zero-order valence-corrected chi connectivity index (χ0v) is 14.9. The Bertz CT molecular complexity index is 398. The van der Waals surface area contributed by atoms with Crippen LogP contribution in [-0.2, 0) is 18.7 Å². The summed E-state index contributed by atoms with van der Waals surface area (Å²) in [6.07, 6.45) is 4.11. The monoisotopic (exact) mass is 332 g/mol. The first-order valence-electron chi connectivity index (χ1n) is 8.39. The molecule has 2 saturated heterocycles. The van der Waals surface area contributed by atoms with Gasteiger partial charge in [0.1, 0.15) is 0 Å². The van der Waals surface area contributed by atoms with Gasteiger partial charge >= 0.3 is 0 Å². The van der Waals surface area contributed by atoms with Crippen LogP contribution in [0.1, 0.15) is 52.9 Å². The Morgan fingerprint density at radius 1 is 1.32 bits per heavy atom. The highest BCUT2D eigenvalue weighted by atomic mass is 31.0. The fourth-order valence-electron chi connectivity index (χ4n) is 4.36. The maximum atomic E-state index is 9.75. The third-order valence-electron chi connectivity index (χ3n) is 6.26. The van der Waals surface area contributed by atoms with Crippen LogP contribution in [0.5, 0.6) is 0 Å². The van der Waals surface area contributed by atoms with Crippen LogP contribution in [0, 0.1) is 17.3 Å². The van der Waals surface area contributed by atoms with Gasteiger partial charge in [0.2, 0.25) is 0 Å². The summed E-state index contributed by atoms with van der Waals surface area (Å²) in [5, 5.41) is 9.75. The lowest BCUT2D eigenvalue weighted by Crippen LogP contribution is -2.57. The summed E-state index contributed by atoms with van der Waals surface area (Å²) in [6, 6.07) is 0. The standard InChI is InChI=1S/C16H29O5P/c1-4-15(2,3)16(18-9-19-16)6-5-10-11-7-14(17)20-12(11)8-13(10)21-22/h10-14,17H,4-9,22H2,1-3H3. The van der Waals surface area contributed by atoms with Crippen molar-refractivity contribution in [1.82, 2.24) is 0 Å². The third-order valence-corrected chi connectivity index (χ3v) is 6.61. The second-order valence-electron chi connectivity index (χ2n) is 7.54. The molecule has 2 aliphatic heterocycles. The van der Waals surface area contributed by atoms with E-state index >= 15 is 0 Å². The molecule has 128 valence electrons. The van der Waals surface area contributed by atoms with Crippen molar-refractivity contribution in [3.63, 3.8) is 0 Å². The highest BCUT2D eigenvalue weighted by molar-refractivity contribution is 7.09. The molecular weight excluding hydrogens is 303 g/mol. The van der Waals surface area contributed by atoms with Crippen LogP contribution in [-0.4, -0.2) is 36.2 Å². The van der Waals surface area contributed by atoms with E-state index in [-0.39, 0.29) is 17.6 Å². The van der Waals surface area contributed by atoms with Gasteiger partial charge in [0.15, 0.2) is 18.9 Å². The topological polar surface area (TPSA) is 57.2 Å². The molecule has 1 saturated carbocycles. The molecule has 3 rings (SSSR count). The molecule has 0 spiro atoms. The molecule has 0 bridgehead atoms. The van der Waals surface area contributed by atoms with E-state index in [2.05, 4.69) is 30.2 Å². The summed E-state index contributed by atoms with van der Waals surface area (Å²) in [5.74, 6) is 0.294. The van der Waals surface area contributed by atoms with Crippen LogP contribution < -0.4 is 0 Å². The lowest BCUT2D eigenvalue weighted by atomic mass is 9.75. The minimum Gasteiger partial charge on any atom is -0.368 e. The summed E-state index contributed by atoms with van der Waals surface area (Å²) in [5.41, 5.74) is -0.00767. The number of fused-ring (bicyclic) bond motifs is 1. The Hall–Kier alpha value is 0.230. The first kappa shape index (κ1) is 17.1. The molecule has 0 aromatic carbocycles. The Labute approximate surface area is 135 Å². The van der Waals surface area contributed by atoms with E-state index in [1.54, 1.807) is 0 Å². The van der Waals surface area contributed by atoms with Crippen molar-refractivity contribution < 1.29 is 23.8 Å². The van der Waals surface area contributed by atoms with Gasteiger partial charge in [0.05, 0.1) is 12.2 Å². The summed E-state index contributed by atoms with van der Waals surface area (Å²) in [7, 11) is 2.39. The first-order chi connectivity index (χ1) is 10.4. The molecular formula is C16H29O5P. The maximum Gasteiger partial charge on any atom is 0.178 e. The van der Waals surface area contributed by atoms with Gasteiger partial charge in [-0.25, -0.2) is 0 Å². The molecule has 6 unspecified atom stereocenters. The lowest BCUT2D eigenvalue weighted by molar-refractivity contribution is -0.439. The Kier molecular flexibility index (Phi) is 4.86. The second-order valence-corrected chi connectivity index (χ2v) is 7.81.